The number of carbonyl (C=O) groups is 1. The molecule has 2 heterocycles. The number of nitrogens with zero attached hydrogens (tertiary/aromatic N) is 3. The van der Waals surface area contributed by atoms with Crippen LogP contribution in [0.1, 0.15) is 18.2 Å². The zero-order valence-corrected chi connectivity index (χ0v) is 13.5. The molecule has 0 saturated carbocycles. The predicted molar refractivity (Wildman–Crippen MR) is 76.0 cm³/mol. The molecule has 0 atom stereocenters. The van der Waals surface area contributed by atoms with Gasteiger partial charge in [0.2, 0.25) is 11.8 Å². The zero-order chi connectivity index (χ0) is 19.7. The minimum atomic E-state index is -4.93. The summed E-state index contributed by atoms with van der Waals surface area (Å²) in [7, 11) is 0. The predicted octanol–water partition coefficient (Wildman–Crippen LogP) is 4.34. The third kappa shape index (κ3) is 4.36. The lowest BCUT2D eigenvalue weighted by Gasteiger charge is -2.08. The van der Waals surface area contributed by atoms with Crippen LogP contribution in [0.25, 0.3) is 0 Å². The van der Waals surface area contributed by atoms with E-state index in [-0.39, 0.29) is 11.2 Å². The van der Waals surface area contributed by atoms with Gasteiger partial charge in [0.1, 0.15) is 5.02 Å². The largest absolute Gasteiger partial charge is 0.433 e. The number of halogens is 7. The Kier molecular flexibility index (Phi) is 5.35. The van der Waals surface area contributed by atoms with Gasteiger partial charge in [-0.15, -0.1) is 5.10 Å². The lowest BCUT2D eigenvalue weighted by Crippen LogP contribution is -2.32. The smallest absolute Gasteiger partial charge is 0.417 e. The molecule has 1 N–H and O–H groups in total. The van der Waals surface area contributed by atoms with Crippen LogP contribution in [0.4, 0.5) is 31.1 Å². The summed E-state index contributed by atoms with van der Waals surface area (Å²) in [5.41, 5.74) is -2.61. The van der Waals surface area contributed by atoms with Crippen LogP contribution in [0.5, 0.6) is 11.8 Å². The van der Waals surface area contributed by atoms with Crippen molar-refractivity contribution < 1.29 is 35.9 Å². The van der Waals surface area contributed by atoms with Crippen molar-refractivity contribution in [2.45, 2.75) is 19.3 Å². The first-order valence-electron chi connectivity index (χ1n) is 6.79. The normalized spacial score (nSPS) is 12.2. The number of alkyl halides is 6. The molecule has 26 heavy (non-hydrogen) atoms. The minimum Gasteiger partial charge on any atom is -0.417 e. The SMILES string of the molecule is CCNC(=O)n1nc(Oc2ncc(C(F)(F)F)cc2Cl)cc1C(F)(F)F. The first kappa shape index (κ1) is 19.8. The van der Waals surface area contributed by atoms with Crippen LogP contribution in [0, 0.1) is 0 Å². The van der Waals surface area contributed by atoms with E-state index in [1.165, 1.54) is 6.92 Å². The number of aromatic nitrogens is 3. The summed E-state index contributed by atoms with van der Waals surface area (Å²) in [5.74, 6) is -1.33. The molecule has 2 aromatic rings. The number of hydrogen-bond donors (Lipinski definition) is 1. The Morgan fingerprint density at radius 3 is 2.38 bits per heavy atom. The molecule has 6 nitrogen and oxygen atoms in total. The van der Waals surface area contributed by atoms with Gasteiger partial charge in [-0.05, 0) is 13.0 Å². The van der Waals surface area contributed by atoms with Gasteiger partial charge in [-0.2, -0.15) is 31.0 Å². The summed E-state index contributed by atoms with van der Waals surface area (Å²) in [6.45, 7) is 1.52. The summed E-state index contributed by atoms with van der Waals surface area (Å²) in [5, 5.41) is 4.87. The maximum atomic E-state index is 13.0. The Morgan fingerprint density at radius 2 is 1.88 bits per heavy atom. The average molecular weight is 403 g/mol. The summed E-state index contributed by atoms with van der Waals surface area (Å²) >= 11 is 5.61. The standard InChI is InChI=1S/C13H9ClF6N4O2/c1-2-21-11(25)24-8(13(18,19)20)4-9(23-24)26-10-7(14)3-6(5-22-10)12(15,16)17/h3-5H,2H2,1H3,(H,21,25). The van der Waals surface area contributed by atoms with Crippen molar-refractivity contribution >= 4 is 17.6 Å². The fourth-order valence-corrected chi connectivity index (χ4v) is 1.95. The van der Waals surface area contributed by atoms with E-state index in [0.29, 0.717) is 18.3 Å². The molecule has 142 valence electrons. The molecule has 0 aliphatic carbocycles. The molecule has 0 fully saturated rings. The summed E-state index contributed by atoms with van der Waals surface area (Å²) < 4.78 is 81.6. The monoisotopic (exact) mass is 402 g/mol. The quantitative estimate of drug-likeness (QED) is 0.775. The van der Waals surface area contributed by atoms with Gasteiger partial charge in [0.05, 0.1) is 5.56 Å². The number of rotatable bonds is 3. The highest BCUT2D eigenvalue weighted by Gasteiger charge is 2.38. The van der Waals surface area contributed by atoms with Crippen molar-refractivity contribution in [2.75, 3.05) is 6.54 Å². The van der Waals surface area contributed by atoms with Crippen LogP contribution >= 0.6 is 11.6 Å². The third-order valence-electron chi connectivity index (χ3n) is 2.83. The van der Waals surface area contributed by atoms with Gasteiger partial charge in [-0.25, -0.2) is 9.78 Å². The molecular formula is C13H9ClF6N4O2. The fourth-order valence-electron chi connectivity index (χ4n) is 1.75. The molecule has 1 amide bonds. The molecule has 0 saturated heterocycles. The van der Waals surface area contributed by atoms with Gasteiger partial charge in [0, 0.05) is 18.8 Å². The van der Waals surface area contributed by atoms with E-state index in [9.17, 15) is 31.1 Å². The van der Waals surface area contributed by atoms with E-state index in [0.717, 1.165) is 0 Å². The summed E-state index contributed by atoms with van der Waals surface area (Å²) in [4.78, 5) is 15.0. The number of ether oxygens (including phenoxy) is 1. The molecular weight excluding hydrogens is 394 g/mol. The van der Waals surface area contributed by atoms with Crippen LogP contribution in [0.3, 0.4) is 0 Å². The van der Waals surface area contributed by atoms with Crippen molar-refractivity contribution in [3.63, 3.8) is 0 Å². The second-order valence-electron chi connectivity index (χ2n) is 4.72. The molecule has 0 bridgehead atoms. The van der Waals surface area contributed by atoms with E-state index in [1.807, 2.05) is 0 Å². The highest BCUT2D eigenvalue weighted by molar-refractivity contribution is 6.31. The number of hydrogen-bond acceptors (Lipinski definition) is 4. The molecule has 0 aliphatic rings. The van der Waals surface area contributed by atoms with Crippen LogP contribution in [-0.4, -0.2) is 27.3 Å². The van der Waals surface area contributed by atoms with Crippen molar-refractivity contribution in [3.05, 3.63) is 34.6 Å². The maximum absolute atomic E-state index is 13.0. The van der Waals surface area contributed by atoms with E-state index in [4.69, 9.17) is 16.3 Å². The molecule has 0 unspecified atom stereocenters. The van der Waals surface area contributed by atoms with Crippen molar-refractivity contribution in [1.82, 2.24) is 20.1 Å². The Balaban J connectivity index is 2.37. The van der Waals surface area contributed by atoms with Crippen molar-refractivity contribution in [1.29, 1.82) is 0 Å². The molecule has 0 aromatic carbocycles. The Hall–Kier alpha value is -2.50. The van der Waals surface area contributed by atoms with Gasteiger partial charge in [-0.3, -0.25) is 0 Å². The van der Waals surface area contributed by atoms with Gasteiger partial charge in [-0.1, -0.05) is 11.6 Å². The Bertz CT molecular complexity index is 818. The fraction of sp³-hybridized carbons (Fsp3) is 0.308. The first-order valence-corrected chi connectivity index (χ1v) is 7.17. The number of carbonyl (C=O) groups excluding carboxylic acids is 1. The van der Waals surface area contributed by atoms with Crippen LogP contribution in [0.2, 0.25) is 5.02 Å². The minimum absolute atomic E-state index is 0.0246. The lowest BCUT2D eigenvalue weighted by atomic mass is 10.3. The topological polar surface area (TPSA) is 69.0 Å². The maximum Gasteiger partial charge on any atom is 0.433 e. The molecule has 13 heteroatoms. The Morgan fingerprint density at radius 1 is 1.23 bits per heavy atom. The number of nitrogens with one attached hydrogen (secondary N) is 1. The zero-order valence-electron chi connectivity index (χ0n) is 12.7. The summed E-state index contributed by atoms with van der Waals surface area (Å²) in [6, 6.07) is -0.276. The van der Waals surface area contributed by atoms with Crippen molar-refractivity contribution in [2.24, 2.45) is 0 Å². The van der Waals surface area contributed by atoms with E-state index < -0.39 is 46.4 Å². The van der Waals surface area contributed by atoms with Crippen LogP contribution < -0.4 is 10.1 Å². The lowest BCUT2D eigenvalue weighted by molar-refractivity contribution is -0.143. The highest BCUT2D eigenvalue weighted by Crippen LogP contribution is 2.36. The van der Waals surface area contributed by atoms with Crippen LogP contribution in [-0.2, 0) is 12.4 Å². The first-order chi connectivity index (χ1) is 11.9. The van der Waals surface area contributed by atoms with Crippen LogP contribution in [0.15, 0.2) is 18.3 Å². The third-order valence-corrected chi connectivity index (χ3v) is 3.10. The molecule has 2 aromatic heterocycles. The summed E-state index contributed by atoms with van der Waals surface area (Å²) in [6.07, 6.45) is -9.25. The highest BCUT2D eigenvalue weighted by atomic mass is 35.5. The molecule has 0 aliphatic heterocycles. The Labute approximate surface area is 146 Å². The van der Waals surface area contributed by atoms with Gasteiger partial charge >= 0.3 is 18.4 Å². The van der Waals surface area contributed by atoms with E-state index in [2.05, 4.69) is 15.4 Å². The second kappa shape index (κ2) is 7.02. The van der Waals surface area contributed by atoms with Gasteiger partial charge in [0.15, 0.2) is 5.69 Å². The number of amides is 1. The molecule has 0 radical (unpaired) electrons. The molecule has 2 rings (SSSR count). The second-order valence-corrected chi connectivity index (χ2v) is 5.13. The van der Waals surface area contributed by atoms with E-state index in [1.54, 1.807) is 0 Å². The number of pyridine rings is 1. The van der Waals surface area contributed by atoms with E-state index >= 15 is 0 Å². The van der Waals surface area contributed by atoms with Gasteiger partial charge in [0.25, 0.3) is 0 Å². The van der Waals surface area contributed by atoms with Gasteiger partial charge < -0.3 is 10.1 Å². The average Bonchev–Trinajstić information content (AvgIpc) is 2.93. The molecule has 0 spiro atoms. The van der Waals surface area contributed by atoms with Crippen molar-refractivity contribution in [3.8, 4) is 11.8 Å².